The van der Waals surface area contributed by atoms with Crippen LogP contribution in [0.1, 0.15) is 24.0 Å². The highest BCUT2D eigenvalue weighted by Crippen LogP contribution is 2.51. The van der Waals surface area contributed by atoms with Crippen molar-refractivity contribution in [2.45, 2.75) is 23.9 Å². The molecule has 2 aromatic rings. The number of hydrazone groups is 1. The van der Waals surface area contributed by atoms with Gasteiger partial charge < -0.3 is 9.79 Å². The van der Waals surface area contributed by atoms with Gasteiger partial charge in [-0.3, -0.25) is 9.36 Å². The fraction of sp³-hybridized carbons (Fsp3) is 0.300. The van der Waals surface area contributed by atoms with Gasteiger partial charge in [-0.05, 0) is 36.6 Å². The van der Waals surface area contributed by atoms with E-state index in [0.29, 0.717) is 5.56 Å². The van der Waals surface area contributed by atoms with Gasteiger partial charge in [0.2, 0.25) is 0 Å². The van der Waals surface area contributed by atoms with Crippen LogP contribution in [0.3, 0.4) is 0 Å². The number of carbonyl (C=O) groups excluding carboxylic acids is 1. The summed E-state index contributed by atoms with van der Waals surface area (Å²) in [7, 11) is -4.80. The summed E-state index contributed by atoms with van der Waals surface area (Å²) in [5.41, 5.74) is 1.72. The molecule has 0 spiro atoms. The fourth-order valence-electron chi connectivity index (χ4n) is 3.27. The summed E-state index contributed by atoms with van der Waals surface area (Å²) in [6, 6.07) is 9.29. The highest BCUT2D eigenvalue weighted by Gasteiger charge is 2.49. The van der Waals surface area contributed by atoms with Gasteiger partial charge in [0, 0.05) is 5.56 Å². The summed E-state index contributed by atoms with van der Waals surface area (Å²) in [6.45, 7) is -2.26. The average Bonchev–Trinajstić information content (AvgIpc) is 3.18. The molecule has 3 N–H and O–H groups in total. The topological polar surface area (TPSA) is 121 Å². The van der Waals surface area contributed by atoms with Crippen LogP contribution in [0.5, 0.6) is 0 Å². The van der Waals surface area contributed by atoms with Gasteiger partial charge in [0.25, 0.3) is 0 Å². The second-order valence-corrected chi connectivity index (χ2v) is 9.84. The van der Waals surface area contributed by atoms with Crippen LogP contribution in [0.15, 0.2) is 53.6 Å². The highest BCUT2D eigenvalue weighted by molar-refractivity contribution is 8.15. The molecule has 2 amide bonds. The summed E-state index contributed by atoms with van der Waals surface area (Å²) in [4.78, 5) is 33.5. The summed E-state index contributed by atoms with van der Waals surface area (Å²) in [5.74, 6) is -1.67. The molecule has 1 heterocycles. The Kier molecular flexibility index (Phi) is 8.75. The maximum Gasteiger partial charge on any atom is 0.469 e. The van der Waals surface area contributed by atoms with E-state index in [0.717, 1.165) is 35.0 Å². The normalized spacial score (nSPS) is 18.3. The minimum absolute atomic E-state index is 0.0748. The van der Waals surface area contributed by atoms with E-state index < -0.39 is 49.7 Å². The number of urea groups is 1. The van der Waals surface area contributed by atoms with E-state index >= 15 is 0 Å². The number of carbonyl (C=O) groups is 1. The van der Waals surface area contributed by atoms with Crippen LogP contribution in [0.25, 0.3) is 0 Å². The Bertz CT molecular complexity index is 1170. The Morgan fingerprint density at radius 1 is 1.17 bits per heavy atom. The van der Waals surface area contributed by atoms with Crippen molar-refractivity contribution in [3.8, 4) is 0 Å². The Morgan fingerprint density at radius 3 is 2.50 bits per heavy atom. The summed E-state index contributed by atoms with van der Waals surface area (Å²) >= 11 is 0.802. The number of benzene rings is 2. The molecule has 1 atom stereocenters. The van der Waals surface area contributed by atoms with Crippen molar-refractivity contribution in [1.29, 1.82) is 0 Å². The molecule has 1 aliphatic rings. The monoisotopic (exact) mass is 555 g/mol. The Hall–Kier alpha value is -2.55. The number of thioether (sulfide) groups is 1. The van der Waals surface area contributed by atoms with Crippen molar-refractivity contribution >= 4 is 30.7 Å². The number of phosphoric acid groups is 1. The standard InChI is InChI=1S/C20H19F5N3O6PS/c21-14-7-8-16(22)15(11-14)17-26-28(18(29)27-33-12-20(23,24)25)19(36-17,13-5-2-1-3-6-13)9-4-10-34-35(30,31)32/h1-3,5-8,11H,4,9-10,12H2,(H,27,29)(H2,30,31,32). The molecule has 0 fully saturated rings. The third-order valence-electron chi connectivity index (χ3n) is 4.69. The number of phosphoric ester groups is 1. The molecule has 0 radical (unpaired) electrons. The van der Waals surface area contributed by atoms with Gasteiger partial charge in [-0.1, -0.05) is 42.1 Å². The molecule has 0 saturated carbocycles. The second kappa shape index (κ2) is 11.2. The van der Waals surface area contributed by atoms with Crippen LogP contribution in [0, 0.1) is 11.6 Å². The number of nitrogens with zero attached hydrogens (tertiary/aromatic N) is 2. The van der Waals surface area contributed by atoms with Crippen molar-refractivity contribution < 1.29 is 50.5 Å². The van der Waals surface area contributed by atoms with Crippen molar-refractivity contribution in [3.05, 3.63) is 71.3 Å². The van der Waals surface area contributed by atoms with Gasteiger partial charge in [0.15, 0.2) is 6.61 Å². The number of amides is 2. The number of halogens is 5. The third-order valence-corrected chi connectivity index (χ3v) is 6.65. The maximum atomic E-state index is 14.5. The number of alkyl halides is 3. The van der Waals surface area contributed by atoms with Crippen molar-refractivity contribution in [1.82, 2.24) is 10.5 Å². The lowest BCUT2D eigenvalue weighted by atomic mass is 10.0. The van der Waals surface area contributed by atoms with Gasteiger partial charge in [0.1, 0.15) is 21.5 Å². The van der Waals surface area contributed by atoms with Crippen molar-refractivity contribution in [2.24, 2.45) is 5.10 Å². The van der Waals surface area contributed by atoms with E-state index in [2.05, 4.69) is 14.5 Å². The first-order valence-electron chi connectivity index (χ1n) is 10.1. The van der Waals surface area contributed by atoms with Crippen LogP contribution in [0.2, 0.25) is 0 Å². The smallest absolute Gasteiger partial charge is 0.303 e. The molecule has 0 bridgehead atoms. The Morgan fingerprint density at radius 2 is 1.86 bits per heavy atom. The third kappa shape index (κ3) is 7.24. The number of hydrogen-bond acceptors (Lipinski definition) is 6. The predicted molar refractivity (Wildman–Crippen MR) is 118 cm³/mol. The molecule has 0 aromatic heterocycles. The number of hydrogen-bond donors (Lipinski definition) is 3. The maximum absolute atomic E-state index is 14.5. The first-order valence-corrected chi connectivity index (χ1v) is 12.4. The average molecular weight is 555 g/mol. The van der Waals surface area contributed by atoms with E-state index in [1.165, 1.54) is 0 Å². The molecule has 2 aromatic carbocycles. The Balaban J connectivity index is 2.00. The van der Waals surface area contributed by atoms with Gasteiger partial charge in [-0.15, -0.1) is 0 Å². The number of hydroxylamine groups is 1. The number of nitrogens with one attached hydrogen (secondary N) is 1. The van der Waals surface area contributed by atoms with E-state index in [1.807, 2.05) is 0 Å². The fourth-order valence-corrected chi connectivity index (χ4v) is 5.06. The van der Waals surface area contributed by atoms with Gasteiger partial charge in [-0.2, -0.15) is 23.3 Å². The molecule has 1 aliphatic heterocycles. The number of rotatable bonds is 9. The zero-order valence-electron chi connectivity index (χ0n) is 18.1. The molecule has 3 rings (SSSR count). The van der Waals surface area contributed by atoms with Crippen LogP contribution in [-0.4, -0.2) is 45.3 Å². The van der Waals surface area contributed by atoms with Gasteiger partial charge >= 0.3 is 20.0 Å². The lowest BCUT2D eigenvalue weighted by molar-refractivity contribution is -0.185. The van der Waals surface area contributed by atoms with E-state index in [1.54, 1.807) is 35.8 Å². The summed E-state index contributed by atoms with van der Waals surface area (Å²) < 4.78 is 81.4. The molecule has 36 heavy (non-hydrogen) atoms. The molecule has 196 valence electrons. The van der Waals surface area contributed by atoms with Gasteiger partial charge in [-0.25, -0.2) is 23.6 Å². The van der Waals surface area contributed by atoms with E-state index in [9.17, 15) is 31.3 Å². The molecule has 1 unspecified atom stereocenters. The molecular weight excluding hydrogens is 536 g/mol. The minimum Gasteiger partial charge on any atom is -0.303 e. The first-order chi connectivity index (χ1) is 16.8. The molecule has 9 nitrogen and oxygen atoms in total. The SMILES string of the molecule is O=C(NOCC(F)(F)F)N1N=C(c2cc(F)ccc2F)SC1(CCCOP(=O)(O)O)c1ccccc1. The zero-order chi connectivity index (χ0) is 26.6. The van der Waals surface area contributed by atoms with Crippen LogP contribution < -0.4 is 5.48 Å². The van der Waals surface area contributed by atoms with Crippen LogP contribution >= 0.6 is 19.6 Å². The Labute approximate surface area is 205 Å². The molecule has 0 saturated heterocycles. The van der Waals surface area contributed by atoms with Crippen molar-refractivity contribution in [3.63, 3.8) is 0 Å². The molecule has 0 aliphatic carbocycles. The highest BCUT2D eigenvalue weighted by atomic mass is 32.2. The van der Waals surface area contributed by atoms with E-state index in [-0.39, 0.29) is 23.4 Å². The quantitative estimate of drug-likeness (QED) is 0.179. The zero-order valence-corrected chi connectivity index (χ0v) is 19.8. The largest absolute Gasteiger partial charge is 0.469 e. The predicted octanol–water partition coefficient (Wildman–Crippen LogP) is 4.62. The summed E-state index contributed by atoms with van der Waals surface area (Å²) in [6.07, 6.45) is -4.94. The first kappa shape index (κ1) is 28.0. The second-order valence-electron chi connectivity index (χ2n) is 7.33. The lowest BCUT2D eigenvalue weighted by Crippen LogP contribution is -2.47. The van der Waals surface area contributed by atoms with Crippen LogP contribution in [0.4, 0.5) is 26.7 Å². The lowest BCUT2D eigenvalue weighted by Gasteiger charge is -2.35. The van der Waals surface area contributed by atoms with Gasteiger partial charge in [0.05, 0.1) is 6.61 Å². The van der Waals surface area contributed by atoms with Crippen molar-refractivity contribution in [2.75, 3.05) is 13.2 Å². The molecular formula is C20H19F5N3O6PS. The summed E-state index contributed by atoms with van der Waals surface area (Å²) in [5, 5.41) is 4.63. The van der Waals surface area contributed by atoms with Crippen LogP contribution in [-0.2, 0) is 18.8 Å². The molecule has 16 heteroatoms. The minimum atomic E-state index is -4.80. The van der Waals surface area contributed by atoms with E-state index in [4.69, 9.17) is 9.79 Å².